The molecule has 5 nitrogen and oxygen atoms in total. The average Bonchev–Trinajstić information content (AvgIpc) is 3.89. The fourth-order valence-corrected chi connectivity index (χ4v) is 9.30. The van der Waals surface area contributed by atoms with Crippen molar-refractivity contribution in [3.63, 3.8) is 0 Å². The predicted octanol–water partition coefficient (Wildman–Crippen LogP) is 14.9. The summed E-state index contributed by atoms with van der Waals surface area (Å²) < 4.78 is 4.73. The highest BCUT2D eigenvalue weighted by Gasteiger charge is 2.18. The smallest absolute Gasteiger partial charge is 0.160 e. The van der Waals surface area contributed by atoms with Gasteiger partial charge in [-0.2, -0.15) is 5.26 Å². The molecule has 0 aliphatic carbocycles. The van der Waals surface area contributed by atoms with Crippen molar-refractivity contribution in [2.75, 3.05) is 0 Å². The topological polar surface area (TPSA) is 59.4 Å². The van der Waals surface area contributed by atoms with Crippen LogP contribution in [0.4, 0.5) is 0 Å². The van der Waals surface area contributed by atoms with E-state index >= 15 is 0 Å². The van der Waals surface area contributed by atoms with Crippen LogP contribution in [0.2, 0.25) is 0 Å². The number of hydrogen-bond donors (Lipinski definition) is 0. The SMILES string of the molecule is N#Cc1cccc(-c2nc(-c3ccc(-c4ccccc4)cc3)cc(-c3cccc(-n4c5ccccc5c5ccc(-c6ccc7c(c6)c6ccccc6n7-c6ccccc6)cc54)c3)n2)c1. The molecule has 9 aromatic carbocycles. The van der Waals surface area contributed by atoms with E-state index in [2.05, 4.69) is 209 Å². The van der Waals surface area contributed by atoms with Crippen LogP contribution in [0, 0.1) is 11.3 Å². The molecule has 0 atom stereocenters. The third kappa shape index (κ3) is 6.33. The highest BCUT2D eigenvalue weighted by Crippen LogP contribution is 2.39. The van der Waals surface area contributed by atoms with Gasteiger partial charge in [-0.15, -0.1) is 0 Å². The largest absolute Gasteiger partial charge is 0.309 e. The van der Waals surface area contributed by atoms with Gasteiger partial charge in [0.05, 0.1) is 45.1 Å². The summed E-state index contributed by atoms with van der Waals surface area (Å²) in [5.41, 5.74) is 16.3. The van der Waals surface area contributed by atoms with E-state index in [1.54, 1.807) is 6.07 Å². The normalized spacial score (nSPS) is 11.4. The summed E-state index contributed by atoms with van der Waals surface area (Å²) >= 11 is 0. The zero-order chi connectivity index (χ0) is 42.6. The second-order valence-corrected chi connectivity index (χ2v) is 16.2. The van der Waals surface area contributed by atoms with Gasteiger partial charge in [0.25, 0.3) is 0 Å². The van der Waals surface area contributed by atoms with Gasteiger partial charge in [-0.05, 0) is 95.1 Å². The van der Waals surface area contributed by atoms with Crippen LogP contribution in [0.25, 0.3) is 111 Å². The van der Waals surface area contributed by atoms with Gasteiger partial charge in [0.1, 0.15) is 0 Å². The maximum atomic E-state index is 9.77. The van der Waals surface area contributed by atoms with E-state index in [9.17, 15) is 5.26 Å². The van der Waals surface area contributed by atoms with Crippen molar-refractivity contribution in [2.24, 2.45) is 0 Å². The second kappa shape index (κ2) is 15.3. The van der Waals surface area contributed by atoms with Crippen LogP contribution < -0.4 is 0 Å². The van der Waals surface area contributed by atoms with Crippen LogP contribution in [0.1, 0.15) is 5.56 Å². The summed E-state index contributed by atoms with van der Waals surface area (Å²) in [6.45, 7) is 0. The summed E-state index contributed by atoms with van der Waals surface area (Å²) in [5, 5.41) is 14.6. The molecule has 12 rings (SSSR count). The second-order valence-electron chi connectivity index (χ2n) is 16.2. The Morgan fingerprint density at radius 1 is 0.312 bits per heavy atom. The lowest BCUT2D eigenvalue weighted by atomic mass is 10.0. The molecule has 0 unspecified atom stereocenters. The highest BCUT2D eigenvalue weighted by molar-refractivity contribution is 6.12. The fraction of sp³-hybridized carbons (Fsp3) is 0. The summed E-state index contributed by atoms with van der Waals surface area (Å²) in [4.78, 5) is 10.3. The van der Waals surface area contributed by atoms with Gasteiger partial charge < -0.3 is 9.13 Å². The number of nitriles is 1. The zero-order valence-corrected chi connectivity index (χ0v) is 34.6. The maximum absolute atomic E-state index is 9.77. The summed E-state index contributed by atoms with van der Waals surface area (Å²) in [6, 6.07) is 81.0. The molecule has 3 aromatic heterocycles. The first-order valence-corrected chi connectivity index (χ1v) is 21.5. The number of rotatable bonds is 7. The molecule has 0 fully saturated rings. The zero-order valence-electron chi connectivity index (χ0n) is 34.6. The van der Waals surface area contributed by atoms with E-state index in [-0.39, 0.29) is 0 Å². The van der Waals surface area contributed by atoms with E-state index in [0.717, 1.165) is 72.7 Å². The van der Waals surface area contributed by atoms with Gasteiger partial charge in [-0.25, -0.2) is 9.97 Å². The number of fused-ring (bicyclic) bond motifs is 6. The summed E-state index contributed by atoms with van der Waals surface area (Å²) in [5.74, 6) is 0.563. The van der Waals surface area contributed by atoms with Crippen molar-refractivity contribution in [2.45, 2.75) is 0 Å². The third-order valence-corrected chi connectivity index (χ3v) is 12.4. The molecule has 5 heteroatoms. The van der Waals surface area contributed by atoms with Gasteiger partial charge >= 0.3 is 0 Å². The van der Waals surface area contributed by atoms with E-state index in [1.165, 1.54) is 32.6 Å². The number of nitrogens with zero attached hydrogens (tertiary/aromatic N) is 5. The molecule has 0 saturated heterocycles. The molecule has 64 heavy (non-hydrogen) atoms. The van der Waals surface area contributed by atoms with E-state index < -0.39 is 0 Å². The molecule has 0 saturated carbocycles. The Morgan fingerprint density at radius 3 is 1.59 bits per heavy atom. The fourth-order valence-electron chi connectivity index (χ4n) is 9.30. The maximum Gasteiger partial charge on any atom is 0.160 e. The number of benzene rings is 9. The standard InChI is InChI=1S/C59H37N5/c60-38-39-13-11-17-46(33-39)59-61-53(42-27-25-41(26-28-42)40-14-3-1-4-15-40)37-54(62-59)45-16-12-20-48(34-45)64-55-23-9-7-21-49(55)51-31-29-44(36-58(51)64)43-30-32-57-52(35-43)50-22-8-10-24-56(50)63(57)47-18-5-2-6-19-47/h1-37H. The highest BCUT2D eigenvalue weighted by atomic mass is 15.0. The molecule has 0 bridgehead atoms. The Labute approximate surface area is 370 Å². The lowest BCUT2D eigenvalue weighted by Gasteiger charge is -2.13. The van der Waals surface area contributed by atoms with Crippen LogP contribution in [0.15, 0.2) is 224 Å². The molecule has 298 valence electrons. The molecule has 0 N–H and O–H groups in total. The molecule has 0 spiro atoms. The van der Waals surface area contributed by atoms with E-state index in [4.69, 9.17) is 9.97 Å². The minimum Gasteiger partial charge on any atom is -0.309 e. The van der Waals surface area contributed by atoms with Crippen molar-refractivity contribution in [1.29, 1.82) is 5.26 Å². The Hall–Kier alpha value is -8.85. The van der Waals surface area contributed by atoms with Crippen LogP contribution >= 0.6 is 0 Å². The van der Waals surface area contributed by atoms with Crippen LogP contribution in [0.3, 0.4) is 0 Å². The Bertz CT molecular complexity index is 3780. The van der Waals surface area contributed by atoms with Crippen molar-refractivity contribution in [3.05, 3.63) is 230 Å². The Morgan fingerprint density at radius 2 is 0.828 bits per heavy atom. The van der Waals surface area contributed by atoms with Crippen molar-refractivity contribution >= 4 is 43.6 Å². The molecule has 3 heterocycles. The van der Waals surface area contributed by atoms with Gasteiger partial charge in [0, 0.05) is 49.6 Å². The van der Waals surface area contributed by atoms with Crippen LogP contribution in [-0.2, 0) is 0 Å². The summed E-state index contributed by atoms with van der Waals surface area (Å²) in [7, 11) is 0. The number of para-hydroxylation sites is 3. The Balaban J connectivity index is 0.996. The van der Waals surface area contributed by atoms with E-state index in [0.29, 0.717) is 11.4 Å². The molecule has 0 amide bonds. The first kappa shape index (κ1) is 37.0. The first-order valence-electron chi connectivity index (χ1n) is 21.5. The van der Waals surface area contributed by atoms with Gasteiger partial charge in [0.2, 0.25) is 0 Å². The third-order valence-electron chi connectivity index (χ3n) is 12.4. The molecule has 0 radical (unpaired) electrons. The molecule has 12 aromatic rings. The van der Waals surface area contributed by atoms with Crippen LogP contribution in [0.5, 0.6) is 0 Å². The van der Waals surface area contributed by atoms with Crippen LogP contribution in [-0.4, -0.2) is 19.1 Å². The molecule has 0 aliphatic heterocycles. The average molecular weight is 816 g/mol. The van der Waals surface area contributed by atoms with E-state index in [1.807, 2.05) is 24.3 Å². The Kier molecular flexibility index (Phi) is 8.81. The van der Waals surface area contributed by atoms with Gasteiger partial charge in [-0.1, -0.05) is 152 Å². The predicted molar refractivity (Wildman–Crippen MR) is 263 cm³/mol. The molecular formula is C59H37N5. The lowest BCUT2D eigenvalue weighted by molar-refractivity contribution is 1.16. The first-order chi connectivity index (χ1) is 31.7. The lowest BCUT2D eigenvalue weighted by Crippen LogP contribution is -1.98. The minimum absolute atomic E-state index is 0.562. The molecule has 0 aliphatic rings. The van der Waals surface area contributed by atoms with Crippen molar-refractivity contribution in [1.82, 2.24) is 19.1 Å². The number of hydrogen-bond acceptors (Lipinski definition) is 3. The summed E-state index contributed by atoms with van der Waals surface area (Å²) in [6.07, 6.45) is 0. The number of aromatic nitrogens is 4. The molecular weight excluding hydrogens is 779 g/mol. The van der Waals surface area contributed by atoms with Gasteiger partial charge in [0.15, 0.2) is 5.82 Å². The van der Waals surface area contributed by atoms with Crippen molar-refractivity contribution in [3.8, 4) is 73.6 Å². The quantitative estimate of drug-likeness (QED) is 0.161. The monoisotopic (exact) mass is 815 g/mol. The van der Waals surface area contributed by atoms with Gasteiger partial charge in [-0.3, -0.25) is 0 Å². The minimum atomic E-state index is 0.562. The van der Waals surface area contributed by atoms with Crippen molar-refractivity contribution < 1.29 is 0 Å².